The molecule has 0 spiro atoms. The van der Waals surface area contributed by atoms with Gasteiger partial charge in [0, 0.05) is 55.5 Å². The summed E-state index contributed by atoms with van der Waals surface area (Å²) in [6, 6.07) is 16.1. The third-order valence-corrected chi connectivity index (χ3v) is 5.89. The Labute approximate surface area is 177 Å². The molecule has 1 heterocycles. The molecule has 1 aliphatic rings. The largest absolute Gasteiger partial charge is 0.497 e. The maximum absolute atomic E-state index is 12.5. The second-order valence-corrected chi connectivity index (χ2v) is 7.98. The number of carbonyl (C=O) groups is 1. The Bertz CT molecular complexity index is 796. The highest BCUT2D eigenvalue weighted by atomic mass is 32.2. The van der Waals surface area contributed by atoms with Gasteiger partial charge in [-0.3, -0.25) is 9.69 Å². The molecule has 1 aliphatic heterocycles. The molecule has 0 saturated carbocycles. The lowest BCUT2D eigenvalue weighted by molar-refractivity contribution is -0.127. The van der Waals surface area contributed by atoms with Crippen molar-refractivity contribution >= 4 is 23.7 Å². The van der Waals surface area contributed by atoms with E-state index in [-0.39, 0.29) is 5.91 Å². The van der Waals surface area contributed by atoms with Gasteiger partial charge >= 0.3 is 0 Å². The van der Waals surface area contributed by atoms with Crippen LogP contribution in [0, 0.1) is 0 Å². The van der Waals surface area contributed by atoms with Gasteiger partial charge in [-0.2, -0.15) is 0 Å². The van der Waals surface area contributed by atoms with Crippen molar-refractivity contribution < 1.29 is 14.3 Å². The summed E-state index contributed by atoms with van der Waals surface area (Å²) in [5.41, 5.74) is 0.881. The van der Waals surface area contributed by atoms with Crippen LogP contribution in [0.3, 0.4) is 0 Å². The van der Waals surface area contributed by atoms with E-state index in [9.17, 15) is 4.79 Å². The summed E-state index contributed by atoms with van der Waals surface area (Å²) in [5.74, 6) is 2.53. The van der Waals surface area contributed by atoms with E-state index in [1.807, 2.05) is 47.0 Å². The number of rotatable bonds is 8. The maximum Gasteiger partial charge on any atom is 0.246 e. The molecule has 154 valence electrons. The standard InChI is InChI=1S/C23H28N2O3S/c1-27-20-16-19(17-21(18-20)28-2)8-9-23(26)25-12-10-24(11-13-25)14-15-29-22-6-4-3-5-7-22/h3-9,16-18H,10-15H2,1-2H3/b9-8+. The number of hydrogen-bond acceptors (Lipinski definition) is 5. The van der Waals surface area contributed by atoms with E-state index in [2.05, 4.69) is 29.2 Å². The quantitative estimate of drug-likeness (QED) is 0.489. The zero-order valence-electron chi connectivity index (χ0n) is 17.0. The van der Waals surface area contributed by atoms with Crippen molar-refractivity contribution in [3.8, 4) is 11.5 Å². The molecule has 2 aromatic carbocycles. The van der Waals surface area contributed by atoms with Crippen molar-refractivity contribution in [2.75, 3.05) is 52.7 Å². The van der Waals surface area contributed by atoms with Gasteiger partial charge in [-0.05, 0) is 35.9 Å². The maximum atomic E-state index is 12.5. The van der Waals surface area contributed by atoms with Crippen LogP contribution in [0.5, 0.6) is 11.5 Å². The molecule has 0 aliphatic carbocycles. The topological polar surface area (TPSA) is 42.0 Å². The van der Waals surface area contributed by atoms with Crippen molar-refractivity contribution in [1.29, 1.82) is 0 Å². The van der Waals surface area contributed by atoms with Crippen LogP contribution < -0.4 is 9.47 Å². The number of benzene rings is 2. The smallest absolute Gasteiger partial charge is 0.246 e. The Morgan fingerprint density at radius 2 is 1.66 bits per heavy atom. The fourth-order valence-corrected chi connectivity index (χ4v) is 4.13. The normalized spacial score (nSPS) is 14.9. The first kappa shape index (κ1) is 21.3. The number of thioether (sulfide) groups is 1. The molecule has 0 aromatic heterocycles. The third kappa shape index (κ3) is 6.54. The first-order valence-electron chi connectivity index (χ1n) is 9.78. The van der Waals surface area contributed by atoms with Crippen LogP contribution in [0.15, 0.2) is 59.5 Å². The lowest BCUT2D eigenvalue weighted by Crippen LogP contribution is -2.48. The Morgan fingerprint density at radius 1 is 1.00 bits per heavy atom. The van der Waals surface area contributed by atoms with Crippen molar-refractivity contribution in [2.24, 2.45) is 0 Å². The Morgan fingerprint density at radius 3 is 2.28 bits per heavy atom. The fraction of sp³-hybridized carbons (Fsp3) is 0.348. The van der Waals surface area contributed by atoms with E-state index in [1.165, 1.54) is 4.90 Å². The summed E-state index contributed by atoms with van der Waals surface area (Å²) in [6.07, 6.45) is 3.45. The molecular formula is C23H28N2O3S. The number of piperazine rings is 1. The Balaban J connectivity index is 1.44. The van der Waals surface area contributed by atoms with E-state index in [4.69, 9.17) is 9.47 Å². The lowest BCUT2D eigenvalue weighted by atomic mass is 10.2. The summed E-state index contributed by atoms with van der Waals surface area (Å²) >= 11 is 1.88. The second kappa shape index (κ2) is 10.9. The summed E-state index contributed by atoms with van der Waals surface area (Å²) in [5, 5.41) is 0. The first-order chi connectivity index (χ1) is 14.2. The summed E-state index contributed by atoms with van der Waals surface area (Å²) in [4.78, 5) is 18.2. The van der Waals surface area contributed by atoms with Gasteiger partial charge in [0.05, 0.1) is 14.2 Å². The molecule has 0 N–H and O–H groups in total. The van der Waals surface area contributed by atoms with Crippen LogP contribution in [0.25, 0.3) is 6.08 Å². The van der Waals surface area contributed by atoms with Crippen LogP contribution in [-0.2, 0) is 4.79 Å². The molecule has 1 saturated heterocycles. The number of nitrogens with zero attached hydrogens (tertiary/aromatic N) is 2. The molecule has 5 nitrogen and oxygen atoms in total. The van der Waals surface area contributed by atoms with E-state index < -0.39 is 0 Å². The van der Waals surface area contributed by atoms with Crippen LogP contribution in [-0.4, -0.2) is 68.4 Å². The minimum absolute atomic E-state index is 0.0464. The lowest BCUT2D eigenvalue weighted by Gasteiger charge is -2.34. The van der Waals surface area contributed by atoms with Crippen molar-refractivity contribution in [1.82, 2.24) is 9.80 Å². The molecule has 0 unspecified atom stereocenters. The molecule has 1 fully saturated rings. The fourth-order valence-electron chi connectivity index (χ4n) is 3.20. The van der Waals surface area contributed by atoms with Crippen molar-refractivity contribution in [3.63, 3.8) is 0 Å². The SMILES string of the molecule is COc1cc(/C=C/C(=O)N2CCN(CCSc3ccccc3)CC2)cc(OC)c1. The predicted octanol–water partition coefficient (Wildman–Crippen LogP) is 3.65. The van der Waals surface area contributed by atoms with Gasteiger partial charge in [-0.15, -0.1) is 11.8 Å². The van der Waals surface area contributed by atoms with E-state index in [1.54, 1.807) is 20.3 Å². The number of amides is 1. The summed E-state index contributed by atoms with van der Waals surface area (Å²) < 4.78 is 10.6. The Hall–Kier alpha value is -2.44. The average Bonchev–Trinajstić information content (AvgIpc) is 2.78. The second-order valence-electron chi connectivity index (χ2n) is 6.81. The number of carbonyl (C=O) groups excluding carboxylic acids is 1. The summed E-state index contributed by atoms with van der Waals surface area (Å²) in [6.45, 7) is 4.41. The molecule has 0 radical (unpaired) electrons. The molecule has 3 rings (SSSR count). The molecule has 2 aromatic rings. The van der Waals surface area contributed by atoms with E-state index >= 15 is 0 Å². The van der Waals surface area contributed by atoms with Gasteiger partial charge in [-0.25, -0.2) is 0 Å². The number of ether oxygens (including phenoxy) is 2. The van der Waals surface area contributed by atoms with Crippen LogP contribution in [0.2, 0.25) is 0 Å². The zero-order valence-corrected chi connectivity index (χ0v) is 17.9. The van der Waals surface area contributed by atoms with Gasteiger partial charge in [0.15, 0.2) is 0 Å². The monoisotopic (exact) mass is 412 g/mol. The van der Waals surface area contributed by atoms with Gasteiger partial charge < -0.3 is 14.4 Å². The van der Waals surface area contributed by atoms with Gasteiger partial charge in [-0.1, -0.05) is 18.2 Å². The number of methoxy groups -OCH3 is 2. The van der Waals surface area contributed by atoms with Crippen LogP contribution >= 0.6 is 11.8 Å². The molecule has 6 heteroatoms. The molecule has 0 atom stereocenters. The van der Waals surface area contributed by atoms with Gasteiger partial charge in [0.25, 0.3) is 0 Å². The van der Waals surface area contributed by atoms with E-state index in [0.29, 0.717) is 11.5 Å². The minimum Gasteiger partial charge on any atom is -0.497 e. The van der Waals surface area contributed by atoms with Crippen LogP contribution in [0.4, 0.5) is 0 Å². The van der Waals surface area contributed by atoms with Crippen molar-refractivity contribution in [2.45, 2.75) is 4.90 Å². The Kier molecular flexibility index (Phi) is 8.02. The molecule has 0 bridgehead atoms. The third-order valence-electron chi connectivity index (χ3n) is 4.90. The first-order valence-corrected chi connectivity index (χ1v) is 10.8. The highest BCUT2D eigenvalue weighted by Gasteiger charge is 2.19. The molecule has 29 heavy (non-hydrogen) atoms. The average molecular weight is 413 g/mol. The molecular weight excluding hydrogens is 384 g/mol. The minimum atomic E-state index is 0.0464. The van der Waals surface area contributed by atoms with Crippen molar-refractivity contribution in [3.05, 3.63) is 60.2 Å². The zero-order chi connectivity index (χ0) is 20.5. The van der Waals surface area contributed by atoms with Gasteiger partial charge in [0.2, 0.25) is 5.91 Å². The van der Waals surface area contributed by atoms with Crippen LogP contribution in [0.1, 0.15) is 5.56 Å². The highest BCUT2D eigenvalue weighted by Crippen LogP contribution is 2.23. The molecule has 1 amide bonds. The highest BCUT2D eigenvalue weighted by molar-refractivity contribution is 7.99. The predicted molar refractivity (Wildman–Crippen MR) is 119 cm³/mol. The van der Waals surface area contributed by atoms with E-state index in [0.717, 1.165) is 44.0 Å². The summed E-state index contributed by atoms with van der Waals surface area (Å²) in [7, 11) is 3.23. The van der Waals surface area contributed by atoms with Gasteiger partial charge in [0.1, 0.15) is 11.5 Å². The number of hydrogen-bond donors (Lipinski definition) is 0.